The third-order valence-electron chi connectivity index (χ3n) is 3.83. The lowest BCUT2D eigenvalue weighted by atomic mass is 9.90. The number of ether oxygens (including phenoxy) is 1. The van der Waals surface area contributed by atoms with Crippen molar-refractivity contribution in [3.8, 4) is 0 Å². The molecule has 1 saturated carbocycles. The summed E-state index contributed by atoms with van der Waals surface area (Å²) < 4.78 is 5.02. The van der Waals surface area contributed by atoms with Crippen molar-refractivity contribution in [3.63, 3.8) is 0 Å². The number of nitrogens with zero attached hydrogens (tertiary/aromatic N) is 1. The summed E-state index contributed by atoms with van der Waals surface area (Å²) in [6.45, 7) is 6.00. The standard InChI is InChI=1S/C14H29N3O2/c1-4-17(13-7-5-12(15)6-8-13)9-14(18)16-11(2)10-19-3/h11-13H,4-10,15H2,1-3H3,(H,16,18). The molecule has 112 valence electrons. The van der Waals surface area contributed by atoms with Crippen molar-refractivity contribution < 1.29 is 9.53 Å². The van der Waals surface area contributed by atoms with Gasteiger partial charge >= 0.3 is 0 Å². The smallest absolute Gasteiger partial charge is 0.234 e. The van der Waals surface area contributed by atoms with E-state index >= 15 is 0 Å². The van der Waals surface area contributed by atoms with Crippen LogP contribution in [0, 0.1) is 0 Å². The fourth-order valence-corrected chi connectivity index (χ4v) is 2.76. The predicted molar refractivity (Wildman–Crippen MR) is 77.0 cm³/mol. The highest BCUT2D eigenvalue weighted by molar-refractivity contribution is 5.78. The molecule has 1 aliphatic carbocycles. The van der Waals surface area contributed by atoms with Gasteiger partial charge in [-0.2, -0.15) is 0 Å². The Bertz CT molecular complexity index is 265. The van der Waals surface area contributed by atoms with Crippen molar-refractivity contribution in [2.75, 3.05) is 26.8 Å². The summed E-state index contributed by atoms with van der Waals surface area (Å²) in [4.78, 5) is 14.2. The van der Waals surface area contributed by atoms with Crippen LogP contribution in [0.5, 0.6) is 0 Å². The first-order valence-corrected chi connectivity index (χ1v) is 7.34. The lowest BCUT2D eigenvalue weighted by molar-refractivity contribution is -0.123. The van der Waals surface area contributed by atoms with Crippen LogP contribution in [0.4, 0.5) is 0 Å². The number of nitrogens with one attached hydrogen (secondary N) is 1. The number of carbonyl (C=O) groups is 1. The zero-order valence-corrected chi connectivity index (χ0v) is 12.5. The average Bonchev–Trinajstić information content (AvgIpc) is 2.37. The lowest BCUT2D eigenvalue weighted by Crippen LogP contribution is -2.47. The number of amides is 1. The summed E-state index contributed by atoms with van der Waals surface area (Å²) in [7, 11) is 1.65. The number of methoxy groups -OCH3 is 1. The zero-order chi connectivity index (χ0) is 14.3. The van der Waals surface area contributed by atoms with Crippen molar-refractivity contribution >= 4 is 5.91 Å². The van der Waals surface area contributed by atoms with Gasteiger partial charge in [0.15, 0.2) is 0 Å². The van der Waals surface area contributed by atoms with E-state index in [4.69, 9.17) is 10.5 Å². The molecular weight excluding hydrogens is 242 g/mol. The highest BCUT2D eigenvalue weighted by Gasteiger charge is 2.24. The molecule has 0 aromatic carbocycles. The van der Waals surface area contributed by atoms with Gasteiger partial charge in [0.25, 0.3) is 0 Å². The van der Waals surface area contributed by atoms with Gasteiger partial charge in [-0.1, -0.05) is 6.92 Å². The molecule has 1 rings (SSSR count). The van der Waals surface area contributed by atoms with Gasteiger partial charge in [0.05, 0.1) is 13.2 Å². The summed E-state index contributed by atoms with van der Waals surface area (Å²) in [5.41, 5.74) is 5.93. The first-order chi connectivity index (χ1) is 9.06. The van der Waals surface area contributed by atoms with Crippen LogP contribution in [0.2, 0.25) is 0 Å². The Morgan fingerprint density at radius 1 is 1.42 bits per heavy atom. The third-order valence-corrected chi connectivity index (χ3v) is 3.83. The van der Waals surface area contributed by atoms with E-state index in [0.717, 1.165) is 32.2 Å². The largest absolute Gasteiger partial charge is 0.383 e. The van der Waals surface area contributed by atoms with Gasteiger partial charge in [-0.25, -0.2) is 0 Å². The minimum atomic E-state index is 0.0657. The zero-order valence-electron chi connectivity index (χ0n) is 12.5. The van der Waals surface area contributed by atoms with Crippen molar-refractivity contribution in [3.05, 3.63) is 0 Å². The van der Waals surface area contributed by atoms with Crippen LogP contribution in [0.1, 0.15) is 39.5 Å². The molecule has 0 radical (unpaired) electrons. The topological polar surface area (TPSA) is 67.6 Å². The molecule has 0 saturated heterocycles. The molecule has 5 heteroatoms. The van der Waals surface area contributed by atoms with Crippen LogP contribution >= 0.6 is 0 Å². The molecule has 0 spiro atoms. The average molecular weight is 271 g/mol. The molecule has 0 aromatic rings. The van der Waals surface area contributed by atoms with Crippen molar-refractivity contribution in [2.24, 2.45) is 5.73 Å². The van der Waals surface area contributed by atoms with Gasteiger partial charge in [0.2, 0.25) is 5.91 Å². The van der Waals surface area contributed by atoms with Gasteiger partial charge in [0, 0.05) is 25.2 Å². The van der Waals surface area contributed by atoms with Gasteiger partial charge < -0.3 is 15.8 Å². The van der Waals surface area contributed by atoms with E-state index in [1.807, 2.05) is 6.92 Å². The second-order valence-corrected chi connectivity index (χ2v) is 5.56. The quantitative estimate of drug-likeness (QED) is 0.716. The van der Waals surface area contributed by atoms with Crippen LogP contribution in [0.15, 0.2) is 0 Å². The highest BCUT2D eigenvalue weighted by atomic mass is 16.5. The molecule has 1 atom stereocenters. The molecule has 5 nitrogen and oxygen atoms in total. The molecule has 1 aliphatic rings. The monoisotopic (exact) mass is 271 g/mol. The lowest BCUT2D eigenvalue weighted by Gasteiger charge is -2.35. The Morgan fingerprint density at radius 2 is 2.05 bits per heavy atom. The highest BCUT2D eigenvalue weighted by Crippen LogP contribution is 2.21. The fourth-order valence-electron chi connectivity index (χ4n) is 2.76. The molecule has 0 aliphatic heterocycles. The van der Waals surface area contributed by atoms with Crippen LogP contribution in [0.25, 0.3) is 0 Å². The summed E-state index contributed by atoms with van der Waals surface area (Å²) in [6.07, 6.45) is 4.36. The minimum absolute atomic E-state index is 0.0657. The maximum Gasteiger partial charge on any atom is 0.234 e. The summed E-state index contributed by atoms with van der Waals surface area (Å²) in [6, 6.07) is 0.926. The van der Waals surface area contributed by atoms with E-state index in [2.05, 4.69) is 17.1 Å². The SMILES string of the molecule is CCN(CC(=O)NC(C)COC)C1CCC(N)CC1. The van der Waals surface area contributed by atoms with Gasteiger partial charge in [-0.15, -0.1) is 0 Å². The van der Waals surface area contributed by atoms with Crippen LogP contribution in [-0.4, -0.2) is 55.7 Å². The second kappa shape index (κ2) is 8.51. The molecule has 19 heavy (non-hydrogen) atoms. The molecule has 0 heterocycles. The molecule has 1 amide bonds. The van der Waals surface area contributed by atoms with E-state index in [1.54, 1.807) is 7.11 Å². The first-order valence-electron chi connectivity index (χ1n) is 7.34. The van der Waals surface area contributed by atoms with Gasteiger partial charge in [-0.05, 0) is 39.2 Å². The predicted octanol–water partition coefficient (Wildman–Crippen LogP) is 0.729. The van der Waals surface area contributed by atoms with Gasteiger partial charge in [-0.3, -0.25) is 9.69 Å². The molecule has 1 fully saturated rings. The Kier molecular flexibility index (Phi) is 7.34. The Hall–Kier alpha value is -0.650. The first kappa shape index (κ1) is 16.4. The maximum absolute atomic E-state index is 12.0. The van der Waals surface area contributed by atoms with Crippen molar-refractivity contribution in [1.29, 1.82) is 0 Å². The molecule has 3 N–H and O–H groups in total. The number of rotatable bonds is 7. The third kappa shape index (κ3) is 5.89. The number of hydrogen-bond donors (Lipinski definition) is 2. The fraction of sp³-hybridized carbons (Fsp3) is 0.929. The Labute approximate surface area is 116 Å². The van der Waals surface area contributed by atoms with Crippen LogP contribution in [-0.2, 0) is 9.53 Å². The van der Waals surface area contributed by atoms with E-state index in [-0.39, 0.29) is 11.9 Å². The maximum atomic E-state index is 12.0. The van der Waals surface area contributed by atoms with Crippen LogP contribution in [0.3, 0.4) is 0 Å². The number of nitrogens with two attached hydrogens (primary N) is 1. The normalized spacial score (nSPS) is 25.3. The van der Waals surface area contributed by atoms with E-state index in [9.17, 15) is 4.79 Å². The van der Waals surface area contributed by atoms with E-state index in [1.165, 1.54) is 0 Å². The van der Waals surface area contributed by atoms with Crippen molar-refractivity contribution in [1.82, 2.24) is 10.2 Å². The minimum Gasteiger partial charge on any atom is -0.383 e. The van der Waals surface area contributed by atoms with Crippen LogP contribution < -0.4 is 11.1 Å². The molecule has 0 bridgehead atoms. The van der Waals surface area contributed by atoms with Gasteiger partial charge in [0.1, 0.15) is 0 Å². The summed E-state index contributed by atoms with van der Waals surface area (Å²) in [5.74, 6) is 0.0845. The number of carbonyl (C=O) groups excluding carboxylic acids is 1. The number of likely N-dealkylation sites (N-methyl/N-ethyl adjacent to an activating group) is 1. The summed E-state index contributed by atoms with van der Waals surface area (Å²) >= 11 is 0. The Balaban J connectivity index is 2.36. The molecule has 0 aromatic heterocycles. The molecule has 1 unspecified atom stereocenters. The summed E-state index contributed by atoms with van der Waals surface area (Å²) in [5, 5.41) is 2.96. The number of hydrogen-bond acceptors (Lipinski definition) is 4. The van der Waals surface area contributed by atoms with Crippen molar-refractivity contribution in [2.45, 2.75) is 57.7 Å². The van der Waals surface area contributed by atoms with E-state index in [0.29, 0.717) is 25.2 Å². The Morgan fingerprint density at radius 3 is 2.58 bits per heavy atom. The molecular formula is C14H29N3O2. The second-order valence-electron chi connectivity index (χ2n) is 5.56. The van der Waals surface area contributed by atoms with E-state index < -0.39 is 0 Å².